The fourth-order valence-corrected chi connectivity index (χ4v) is 3.53. The smallest absolute Gasteiger partial charge is 0.228 e. The number of anilines is 1. The van der Waals surface area contributed by atoms with Gasteiger partial charge in [-0.25, -0.2) is 0 Å². The fourth-order valence-electron chi connectivity index (χ4n) is 3.53. The Bertz CT molecular complexity index is 814. The van der Waals surface area contributed by atoms with Crippen molar-refractivity contribution in [2.45, 2.75) is 19.8 Å². The number of carbonyl (C=O) groups is 2. The van der Waals surface area contributed by atoms with Gasteiger partial charge in [0.2, 0.25) is 11.8 Å². The van der Waals surface area contributed by atoms with Crippen LogP contribution in [0, 0.1) is 18.8 Å². The maximum atomic E-state index is 12.8. The van der Waals surface area contributed by atoms with Crippen molar-refractivity contribution in [3.63, 3.8) is 0 Å². The molecular formula is C21H29N5O2. The van der Waals surface area contributed by atoms with Gasteiger partial charge in [-0.3, -0.25) is 14.3 Å². The van der Waals surface area contributed by atoms with Crippen LogP contribution >= 0.6 is 0 Å². The van der Waals surface area contributed by atoms with Gasteiger partial charge in [-0.2, -0.15) is 5.10 Å². The summed E-state index contributed by atoms with van der Waals surface area (Å²) in [6.45, 7) is 3.87. The number of rotatable bonds is 6. The van der Waals surface area contributed by atoms with Crippen LogP contribution in [0.2, 0.25) is 0 Å². The number of aromatic nitrogens is 2. The van der Waals surface area contributed by atoms with Gasteiger partial charge in [0.15, 0.2) is 0 Å². The van der Waals surface area contributed by atoms with Crippen molar-refractivity contribution in [1.29, 1.82) is 0 Å². The molecule has 2 N–H and O–H groups in total. The number of nitrogens with zero attached hydrogens (tertiary/aromatic N) is 3. The molecule has 2 atom stereocenters. The third-order valence-electron chi connectivity index (χ3n) is 5.26. The second-order valence-corrected chi connectivity index (χ2v) is 7.68. The van der Waals surface area contributed by atoms with Gasteiger partial charge in [-0.05, 0) is 37.5 Å². The summed E-state index contributed by atoms with van der Waals surface area (Å²) in [7, 11) is 3.71. The Morgan fingerprint density at radius 1 is 1.25 bits per heavy atom. The molecule has 1 fully saturated rings. The highest BCUT2D eigenvalue weighted by atomic mass is 16.2. The van der Waals surface area contributed by atoms with Crippen LogP contribution < -0.4 is 10.6 Å². The highest BCUT2D eigenvalue weighted by Crippen LogP contribution is 2.21. The first-order valence-corrected chi connectivity index (χ1v) is 9.73. The summed E-state index contributed by atoms with van der Waals surface area (Å²) in [4.78, 5) is 27.2. The van der Waals surface area contributed by atoms with Crippen molar-refractivity contribution in [1.82, 2.24) is 20.0 Å². The molecule has 2 aromatic rings. The summed E-state index contributed by atoms with van der Waals surface area (Å²) < 4.78 is 1.76. The number of carbonyl (C=O) groups excluding carboxylic acids is 2. The number of piperidine rings is 1. The lowest BCUT2D eigenvalue weighted by Crippen LogP contribution is -2.47. The maximum Gasteiger partial charge on any atom is 0.228 e. The Balaban J connectivity index is 1.51. The predicted molar refractivity (Wildman–Crippen MR) is 109 cm³/mol. The largest absolute Gasteiger partial charge is 0.345 e. The van der Waals surface area contributed by atoms with Gasteiger partial charge in [-0.1, -0.05) is 17.7 Å². The number of aryl methyl sites for hydroxylation is 2. The Labute approximate surface area is 166 Å². The lowest BCUT2D eigenvalue weighted by atomic mass is 9.88. The zero-order valence-corrected chi connectivity index (χ0v) is 16.8. The molecule has 2 heterocycles. The van der Waals surface area contributed by atoms with Crippen LogP contribution in [-0.4, -0.2) is 53.2 Å². The molecule has 28 heavy (non-hydrogen) atoms. The molecule has 1 aliphatic heterocycles. The highest BCUT2D eigenvalue weighted by Gasteiger charge is 2.32. The third kappa shape index (κ3) is 5.19. The Morgan fingerprint density at radius 2 is 1.96 bits per heavy atom. The van der Waals surface area contributed by atoms with E-state index in [9.17, 15) is 9.59 Å². The monoisotopic (exact) mass is 383 g/mol. The maximum absolute atomic E-state index is 12.8. The van der Waals surface area contributed by atoms with Crippen LogP contribution in [0.15, 0.2) is 36.7 Å². The number of amides is 2. The van der Waals surface area contributed by atoms with Gasteiger partial charge in [0, 0.05) is 45.6 Å². The molecule has 3 rings (SSSR count). The SMILES string of the molecule is Cc1ccc(NC(=O)C2CNCC(C(=O)N(C)CCc3cnn(C)c3)C2)cc1. The van der Waals surface area contributed by atoms with Gasteiger partial charge < -0.3 is 15.5 Å². The van der Waals surface area contributed by atoms with Crippen LogP contribution in [0.4, 0.5) is 5.69 Å². The first-order chi connectivity index (χ1) is 13.4. The number of nitrogens with one attached hydrogen (secondary N) is 2. The third-order valence-corrected chi connectivity index (χ3v) is 5.26. The first-order valence-electron chi connectivity index (χ1n) is 9.73. The fraction of sp³-hybridized carbons (Fsp3) is 0.476. The Hall–Kier alpha value is -2.67. The average molecular weight is 383 g/mol. The second kappa shape index (κ2) is 9.01. The lowest BCUT2D eigenvalue weighted by molar-refractivity contribution is -0.135. The van der Waals surface area contributed by atoms with Crippen molar-refractivity contribution in [3.8, 4) is 0 Å². The lowest BCUT2D eigenvalue weighted by Gasteiger charge is -2.31. The van der Waals surface area contributed by atoms with Gasteiger partial charge in [0.05, 0.1) is 18.0 Å². The summed E-state index contributed by atoms with van der Waals surface area (Å²) in [5, 5.41) is 10.4. The van der Waals surface area contributed by atoms with E-state index in [1.54, 1.807) is 9.58 Å². The van der Waals surface area contributed by atoms with Gasteiger partial charge in [0.25, 0.3) is 0 Å². The Morgan fingerprint density at radius 3 is 2.64 bits per heavy atom. The molecule has 7 heteroatoms. The number of hydrogen-bond donors (Lipinski definition) is 2. The molecule has 0 bridgehead atoms. The molecule has 0 radical (unpaired) electrons. The van der Waals surface area contributed by atoms with E-state index in [0.29, 0.717) is 26.1 Å². The second-order valence-electron chi connectivity index (χ2n) is 7.68. The summed E-state index contributed by atoms with van der Waals surface area (Å²) in [6, 6.07) is 7.74. The zero-order chi connectivity index (χ0) is 20.1. The molecule has 1 aromatic carbocycles. The van der Waals surface area contributed by atoms with E-state index in [1.165, 1.54) is 0 Å². The van der Waals surface area contributed by atoms with Crippen molar-refractivity contribution < 1.29 is 9.59 Å². The average Bonchev–Trinajstić information content (AvgIpc) is 3.12. The van der Waals surface area contributed by atoms with E-state index in [0.717, 1.165) is 23.2 Å². The number of likely N-dealkylation sites (N-methyl/N-ethyl adjacent to an activating group) is 1. The molecule has 2 amide bonds. The summed E-state index contributed by atoms with van der Waals surface area (Å²) in [5.41, 5.74) is 3.05. The molecular weight excluding hydrogens is 354 g/mol. The van der Waals surface area contributed by atoms with Crippen LogP contribution in [-0.2, 0) is 23.1 Å². The molecule has 0 aliphatic carbocycles. The normalized spacial score (nSPS) is 19.2. The minimum atomic E-state index is -0.212. The van der Waals surface area contributed by atoms with Crippen molar-refractivity contribution in [3.05, 3.63) is 47.8 Å². The van der Waals surface area contributed by atoms with E-state index in [4.69, 9.17) is 0 Å². The van der Waals surface area contributed by atoms with Gasteiger partial charge in [0.1, 0.15) is 0 Å². The van der Waals surface area contributed by atoms with Gasteiger partial charge >= 0.3 is 0 Å². The van der Waals surface area contributed by atoms with Gasteiger partial charge in [-0.15, -0.1) is 0 Å². The van der Waals surface area contributed by atoms with E-state index >= 15 is 0 Å². The predicted octanol–water partition coefficient (Wildman–Crippen LogP) is 1.59. The summed E-state index contributed by atoms with van der Waals surface area (Å²) in [6.07, 6.45) is 5.13. The molecule has 7 nitrogen and oxygen atoms in total. The molecule has 1 aromatic heterocycles. The molecule has 1 saturated heterocycles. The topological polar surface area (TPSA) is 79.3 Å². The minimum Gasteiger partial charge on any atom is -0.345 e. The number of benzene rings is 1. The molecule has 150 valence electrons. The van der Waals surface area contributed by atoms with Crippen molar-refractivity contribution in [2.24, 2.45) is 18.9 Å². The van der Waals surface area contributed by atoms with Crippen molar-refractivity contribution >= 4 is 17.5 Å². The summed E-state index contributed by atoms with van der Waals surface area (Å²) in [5.74, 6) is -0.340. The minimum absolute atomic E-state index is 0.0353. The van der Waals surface area contributed by atoms with Crippen LogP contribution in [0.25, 0.3) is 0 Å². The quantitative estimate of drug-likeness (QED) is 0.794. The molecule has 1 aliphatic rings. The highest BCUT2D eigenvalue weighted by molar-refractivity contribution is 5.93. The summed E-state index contributed by atoms with van der Waals surface area (Å²) >= 11 is 0. The van der Waals surface area contributed by atoms with E-state index in [-0.39, 0.29) is 23.7 Å². The van der Waals surface area contributed by atoms with Crippen LogP contribution in [0.1, 0.15) is 17.5 Å². The van der Waals surface area contributed by atoms with Crippen LogP contribution in [0.5, 0.6) is 0 Å². The first kappa shape index (κ1) is 20.1. The van der Waals surface area contributed by atoms with E-state index in [1.807, 2.05) is 57.7 Å². The Kier molecular flexibility index (Phi) is 6.46. The standard InChI is InChI=1S/C21H29N5O2/c1-15-4-6-19(7-5-15)24-20(27)17-10-18(13-22-12-17)21(28)25(2)9-8-16-11-23-26(3)14-16/h4-7,11,14,17-18,22H,8-10,12-13H2,1-3H3,(H,24,27). The molecule has 0 saturated carbocycles. The molecule has 2 unspecified atom stereocenters. The zero-order valence-electron chi connectivity index (χ0n) is 16.8. The number of hydrogen-bond acceptors (Lipinski definition) is 4. The van der Waals surface area contributed by atoms with E-state index < -0.39 is 0 Å². The molecule has 0 spiro atoms. The van der Waals surface area contributed by atoms with E-state index in [2.05, 4.69) is 15.7 Å². The van der Waals surface area contributed by atoms with Crippen LogP contribution in [0.3, 0.4) is 0 Å². The van der Waals surface area contributed by atoms with Crippen molar-refractivity contribution in [2.75, 3.05) is 32.0 Å².